The van der Waals surface area contributed by atoms with Gasteiger partial charge >= 0.3 is 6.03 Å². The van der Waals surface area contributed by atoms with E-state index >= 15 is 0 Å². The molecule has 0 saturated carbocycles. The molecule has 0 radical (unpaired) electrons. The molecule has 4 heterocycles. The first-order chi connectivity index (χ1) is 17.4. The number of nitrogens with two attached hydrogens (primary N) is 1. The smallest absolute Gasteiger partial charge is 0.322 e. The van der Waals surface area contributed by atoms with Crippen LogP contribution in [0, 0.1) is 5.82 Å². The van der Waals surface area contributed by atoms with Gasteiger partial charge < -0.3 is 20.9 Å². The molecule has 2 fully saturated rings. The number of imidazole rings is 1. The van der Waals surface area contributed by atoms with E-state index in [1.54, 1.807) is 21.7 Å². The molecular formula is C24H25FN8O3. The number of carbonyl (C=O) groups is 3. The van der Waals surface area contributed by atoms with Gasteiger partial charge in [-0.15, -0.1) is 0 Å². The zero-order valence-corrected chi connectivity index (χ0v) is 19.4. The first kappa shape index (κ1) is 23.3. The van der Waals surface area contributed by atoms with Gasteiger partial charge in [-0.05, 0) is 43.2 Å². The molecule has 1 aromatic carbocycles. The number of halogens is 1. The van der Waals surface area contributed by atoms with Crippen LogP contribution in [-0.2, 0) is 9.59 Å². The number of nitrogen functional groups attached to an aromatic ring is 1. The van der Waals surface area contributed by atoms with Gasteiger partial charge in [0.25, 0.3) is 0 Å². The number of benzene rings is 1. The Morgan fingerprint density at radius 2 is 1.97 bits per heavy atom. The molecular weight excluding hydrogens is 467 g/mol. The Bertz CT molecular complexity index is 1360. The minimum atomic E-state index is -0.462. The number of rotatable bonds is 4. The van der Waals surface area contributed by atoms with Gasteiger partial charge in [-0.2, -0.15) is 0 Å². The van der Waals surface area contributed by atoms with Crippen molar-refractivity contribution in [2.24, 2.45) is 0 Å². The van der Waals surface area contributed by atoms with Gasteiger partial charge in [0, 0.05) is 37.7 Å². The van der Waals surface area contributed by atoms with Crippen molar-refractivity contribution in [1.82, 2.24) is 24.2 Å². The molecule has 5 rings (SSSR count). The number of nitrogens with one attached hydrogen (secondary N) is 1. The van der Waals surface area contributed by atoms with Gasteiger partial charge in [0.15, 0.2) is 11.6 Å². The van der Waals surface area contributed by atoms with E-state index in [9.17, 15) is 18.8 Å². The van der Waals surface area contributed by atoms with E-state index in [4.69, 9.17) is 10.7 Å². The average molecular weight is 493 g/mol. The zero-order valence-electron chi connectivity index (χ0n) is 19.4. The molecule has 0 spiro atoms. The Labute approximate surface area is 206 Å². The lowest BCUT2D eigenvalue weighted by atomic mass is 10.2. The van der Waals surface area contributed by atoms with Crippen LogP contribution in [0.2, 0.25) is 0 Å². The van der Waals surface area contributed by atoms with Crippen LogP contribution in [0.15, 0.2) is 49.3 Å². The number of piperazine rings is 1. The van der Waals surface area contributed by atoms with Crippen molar-refractivity contribution in [2.45, 2.75) is 18.9 Å². The third-order valence-corrected chi connectivity index (χ3v) is 6.46. The summed E-state index contributed by atoms with van der Waals surface area (Å²) in [6.07, 6.45) is 6.07. The van der Waals surface area contributed by atoms with Gasteiger partial charge in [-0.3, -0.25) is 18.9 Å². The molecule has 36 heavy (non-hydrogen) atoms. The van der Waals surface area contributed by atoms with Crippen molar-refractivity contribution in [1.29, 1.82) is 0 Å². The molecule has 2 aliphatic rings. The Kier molecular flexibility index (Phi) is 6.00. The van der Waals surface area contributed by atoms with Crippen LogP contribution in [0.4, 0.5) is 26.5 Å². The first-order valence-corrected chi connectivity index (χ1v) is 11.5. The Hall–Kier alpha value is -4.48. The van der Waals surface area contributed by atoms with Gasteiger partial charge in [0.05, 0.1) is 6.04 Å². The molecule has 3 N–H and O–H groups in total. The number of anilines is 3. The lowest BCUT2D eigenvalue weighted by molar-refractivity contribution is -0.127. The number of hydrogen-bond acceptors (Lipinski definition) is 6. The highest BCUT2D eigenvalue weighted by atomic mass is 19.1. The molecule has 2 aromatic heterocycles. The molecule has 2 saturated heterocycles. The van der Waals surface area contributed by atoms with Crippen LogP contribution < -0.4 is 16.0 Å². The highest BCUT2D eigenvalue weighted by Gasteiger charge is 2.36. The predicted molar refractivity (Wildman–Crippen MR) is 131 cm³/mol. The van der Waals surface area contributed by atoms with Crippen LogP contribution in [0.3, 0.4) is 0 Å². The van der Waals surface area contributed by atoms with Crippen molar-refractivity contribution in [3.8, 4) is 0 Å². The zero-order chi connectivity index (χ0) is 25.4. The summed E-state index contributed by atoms with van der Waals surface area (Å²) in [5.41, 5.74) is 7.11. The van der Waals surface area contributed by atoms with Crippen molar-refractivity contribution < 1.29 is 18.8 Å². The number of nitrogens with zero attached hydrogens (tertiary/aromatic N) is 6. The Morgan fingerprint density at radius 1 is 1.19 bits per heavy atom. The largest absolute Gasteiger partial charge is 0.382 e. The number of urea groups is 1. The average Bonchev–Trinajstić information content (AvgIpc) is 3.50. The van der Waals surface area contributed by atoms with Gasteiger partial charge in [0.1, 0.15) is 23.7 Å². The second-order valence-electron chi connectivity index (χ2n) is 8.62. The van der Waals surface area contributed by atoms with Crippen LogP contribution in [-0.4, -0.2) is 68.2 Å². The normalized spacial score (nSPS) is 18.1. The maximum absolute atomic E-state index is 13.2. The third kappa shape index (κ3) is 4.10. The van der Waals surface area contributed by atoms with E-state index in [0.717, 1.165) is 6.42 Å². The fourth-order valence-electron chi connectivity index (χ4n) is 4.71. The summed E-state index contributed by atoms with van der Waals surface area (Å²) in [6.45, 7) is 4.44. The number of hydrogen-bond donors (Lipinski definition) is 2. The fourth-order valence-corrected chi connectivity index (χ4v) is 4.71. The molecule has 4 amide bonds. The number of fused-ring (bicyclic) bond motifs is 1. The maximum atomic E-state index is 13.2. The summed E-state index contributed by atoms with van der Waals surface area (Å²) in [4.78, 5) is 51.8. The number of amides is 4. The lowest BCUT2D eigenvalue weighted by Crippen LogP contribution is -2.53. The molecule has 2 aliphatic heterocycles. The number of aromatic nitrogens is 3. The monoisotopic (exact) mass is 492 g/mol. The predicted octanol–water partition coefficient (Wildman–Crippen LogP) is 2.18. The van der Waals surface area contributed by atoms with Crippen molar-refractivity contribution in [3.05, 3.63) is 61.0 Å². The van der Waals surface area contributed by atoms with Crippen molar-refractivity contribution in [3.63, 3.8) is 0 Å². The molecule has 1 unspecified atom stereocenters. The van der Waals surface area contributed by atoms with E-state index in [-0.39, 0.29) is 43.3 Å². The van der Waals surface area contributed by atoms with E-state index in [1.165, 1.54) is 40.1 Å². The summed E-state index contributed by atoms with van der Waals surface area (Å²) in [5.74, 6) is 0.204. The standard InChI is InChI=1S/C24H25FN8O3/c1-2-18(34)31-10-3-4-17(31)22-29-23(20-21(26)27-9-11-33(20)22)32-13-12-30(14-19(32)35)24(36)28-16-7-5-15(25)6-8-16/h2,5-9,11,17H,1,3-4,10,12-14H2,(H2,26,27)(H,28,36). The summed E-state index contributed by atoms with van der Waals surface area (Å²) < 4.78 is 14.9. The molecule has 1 atom stereocenters. The van der Waals surface area contributed by atoms with Crippen LogP contribution >= 0.6 is 0 Å². The van der Waals surface area contributed by atoms with Crippen LogP contribution in [0.25, 0.3) is 5.52 Å². The van der Waals surface area contributed by atoms with Gasteiger partial charge in [-0.1, -0.05) is 6.58 Å². The number of likely N-dealkylation sites (tertiary alicyclic amines) is 1. The molecule has 11 nitrogen and oxygen atoms in total. The highest BCUT2D eigenvalue weighted by Crippen LogP contribution is 2.36. The molecule has 186 valence electrons. The first-order valence-electron chi connectivity index (χ1n) is 11.5. The Balaban J connectivity index is 1.41. The van der Waals surface area contributed by atoms with E-state index in [0.29, 0.717) is 35.8 Å². The fraction of sp³-hybridized carbons (Fsp3) is 0.292. The molecule has 12 heteroatoms. The number of carbonyl (C=O) groups excluding carboxylic acids is 3. The third-order valence-electron chi connectivity index (χ3n) is 6.46. The van der Waals surface area contributed by atoms with E-state index in [2.05, 4.69) is 16.9 Å². The van der Waals surface area contributed by atoms with Crippen molar-refractivity contribution in [2.75, 3.05) is 42.1 Å². The Morgan fingerprint density at radius 3 is 2.69 bits per heavy atom. The minimum absolute atomic E-state index is 0.175. The minimum Gasteiger partial charge on any atom is -0.382 e. The molecule has 0 aliphatic carbocycles. The quantitative estimate of drug-likeness (QED) is 0.537. The summed E-state index contributed by atoms with van der Waals surface area (Å²) in [6, 6.07) is 4.62. The van der Waals surface area contributed by atoms with Gasteiger partial charge in [-0.25, -0.2) is 19.2 Å². The van der Waals surface area contributed by atoms with Crippen LogP contribution in [0.5, 0.6) is 0 Å². The summed E-state index contributed by atoms with van der Waals surface area (Å²) >= 11 is 0. The van der Waals surface area contributed by atoms with Crippen molar-refractivity contribution >= 4 is 40.7 Å². The topological polar surface area (TPSA) is 129 Å². The van der Waals surface area contributed by atoms with Crippen LogP contribution in [0.1, 0.15) is 24.7 Å². The highest BCUT2D eigenvalue weighted by molar-refractivity contribution is 6.02. The molecule has 0 bridgehead atoms. The lowest BCUT2D eigenvalue weighted by Gasteiger charge is -2.33. The second kappa shape index (κ2) is 9.29. The second-order valence-corrected chi connectivity index (χ2v) is 8.62. The van der Waals surface area contributed by atoms with Gasteiger partial charge in [0.2, 0.25) is 11.8 Å². The SMILES string of the molecule is C=CC(=O)N1CCCC1c1nc(N2CCN(C(=O)Nc3ccc(F)cc3)CC2=O)c2c(N)nccn12. The van der Waals surface area contributed by atoms with E-state index < -0.39 is 11.8 Å². The van der Waals surface area contributed by atoms with E-state index in [1.807, 2.05) is 0 Å². The maximum Gasteiger partial charge on any atom is 0.322 e. The summed E-state index contributed by atoms with van der Waals surface area (Å²) in [5, 5.41) is 2.67. The summed E-state index contributed by atoms with van der Waals surface area (Å²) in [7, 11) is 0. The molecule has 3 aromatic rings.